The van der Waals surface area contributed by atoms with Gasteiger partial charge in [0, 0.05) is 26.8 Å². The highest BCUT2D eigenvalue weighted by molar-refractivity contribution is 7.20. The van der Waals surface area contributed by atoms with Crippen molar-refractivity contribution in [1.82, 2.24) is 9.88 Å². The number of piperidine rings is 1. The molecule has 2 heterocycles. The quantitative estimate of drug-likeness (QED) is 0.873. The molecule has 1 aliphatic rings. The highest BCUT2D eigenvalue weighted by Gasteiger charge is 2.25. The largest absolute Gasteiger partial charge is 0.384 e. The minimum atomic E-state index is 0.0714. The fourth-order valence-corrected chi connectivity index (χ4v) is 3.57. The van der Waals surface area contributed by atoms with Gasteiger partial charge < -0.3 is 9.64 Å². The molecule has 0 aliphatic carbocycles. The Labute approximate surface area is 122 Å². The van der Waals surface area contributed by atoms with Gasteiger partial charge in [-0.15, -0.1) is 11.3 Å². The lowest BCUT2D eigenvalue weighted by Gasteiger charge is -2.31. The maximum absolute atomic E-state index is 12.5. The molecule has 1 amide bonds. The van der Waals surface area contributed by atoms with Crippen molar-refractivity contribution in [1.29, 1.82) is 0 Å². The van der Waals surface area contributed by atoms with Crippen molar-refractivity contribution in [3.05, 3.63) is 29.3 Å². The molecule has 106 valence electrons. The van der Waals surface area contributed by atoms with Gasteiger partial charge in [-0.05, 0) is 30.9 Å². The van der Waals surface area contributed by atoms with E-state index in [1.165, 1.54) is 11.3 Å². The van der Waals surface area contributed by atoms with Gasteiger partial charge in [-0.3, -0.25) is 4.79 Å². The van der Waals surface area contributed by atoms with Gasteiger partial charge in [0.1, 0.15) is 0 Å². The maximum atomic E-state index is 12.5. The number of ether oxygens (including phenoxy) is 1. The second-order valence-electron chi connectivity index (χ2n) is 5.18. The molecule has 0 atom stereocenters. The van der Waals surface area contributed by atoms with Crippen LogP contribution in [0.1, 0.15) is 22.6 Å². The van der Waals surface area contributed by atoms with Crippen LogP contribution in [-0.4, -0.2) is 42.6 Å². The summed E-state index contributed by atoms with van der Waals surface area (Å²) in [5, 5.41) is 0.608. The molecule has 20 heavy (non-hydrogen) atoms. The molecule has 0 bridgehead atoms. The van der Waals surface area contributed by atoms with Crippen molar-refractivity contribution in [3.63, 3.8) is 0 Å². The van der Waals surface area contributed by atoms with Gasteiger partial charge in [0.25, 0.3) is 5.91 Å². The fraction of sp³-hybridized carbons (Fsp3) is 0.467. The number of methoxy groups -OCH3 is 1. The summed E-state index contributed by atoms with van der Waals surface area (Å²) in [5.41, 5.74) is 0.912. The maximum Gasteiger partial charge on any atom is 0.282 e. The van der Waals surface area contributed by atoms with Crippen molar-refractivity contribution >= 4 is 27.5 Å². The minimum absolute atomic E-state index is 0.0714. The summed E-state index contributed by atoms with van der Waals surface area (Å²) in [5.74, 6) is 0.654. The molecule has 0 radical (unpaired) electrons. The zero-order valence-electron chi connectivity index (χ0n) is 11.5. The zero-order valence-corrected chi connectivity index (χ0v) is 12.4. The Balaban J connectivity index is 1.70. The third-order valence-electron chi connectivity index (χ3n) is 3.78. The molecule has 5 heteroatoms. The molecule has 0 saturated carbocycles. The second kappa shape index (κ2) is 5.89. The van der Waals surface area contributed by atoms with Crippen molar-refractivity contribution in [2.75, 3.05) is 26.8 Å². The first-order valence-electron chi connectivity index (χ1n) is 6.91. The van der Waals surface area contributed by atoms with E-state index in [0.717, 1.165) is 42.8 Å². The number of hydrogen-bond donors (Lipinski definition) is 0. The summed E-state index contributed by atoms with van der Waals surface area (Å²) < 4.78 is 6.26. The molecule has 1 aromatic heterocycles. The van der Waals surface area contributed by atoms with Crippen LogP contribution in [0.5, 0.6) is 0 Å². The molecule has 1 fully saturated rings. The number of carbonyl (C=O) groups is 1. The molecule has 4 nitrogen and oxygen atoms in total. The number of carbonyl (C=O) groups excluding carboxylic acids is 1. The molecular formula is C15H18N2O2S. The monoisotopic (exact) mass is 290 g/mol. The molecule has 2 aromatic rings. The summed E-state index contributed by atoms with van der Waals surface area (Å²) in [4.78, 5) is 18.8. The minimum Gasteiger partial charge on any atom is -0.384 e. The predicted octanol–water partition coefficient (Wildman–Crippen LogP) is 2.79. The van der Waals surface area contributed by atoms with Gasteiger partial charge in [-0.25, -0.2) is 4.98 Å². The van der Waals surface area contributed by atoms with E-state index >= 15 is 0 Å². The Morgan fingerprint density at radius 1 is 1.40 bits per heavy atom. The van der Waals surface area contributed by atoms with Crippen molar-refractivity contribution in [3.8, 4) is 0 Å². The summed E-state index contributed by atoms with van der Waals surface area (Å²) in [6, 6.07) is 7.89. The first-order chi connectivity index (χ1) is 9.78. The van der Waals surface area contributed by atoms with E-state index in [4.69, 9.17) is 4.74 Å². The van der Waals surface area contributed by atoms with E-state index < -0.39 is 0 Å². The van der Waals surface area contributed by atoms with Gasteiger partial charge in [-0.2, -0.15) is 0 Å². The summed E-state index contributed by atoms with van der Waals surface area (Å²) in [6.07, 6.45) is 2.04. The van der Waals surface area contributed by atoms with Crippen LogP contribution in [0.4, 0.5) is 0 Å². The fourth-order valence-electron chi connectivity index (χ4n) is 2.64. The first-order valence-corrected chi connectivity index (χ1v) is 7.73. The molecule has 3 rings (SSSR count). The van der Waals surface area contributed by atoms with Crippen LogP contribution in [0.3, 0.4) is 0 Å². The summed E-state index contributed by atoms with van der Waals surface area (Å²) in [7, 11) is 1.73. The molecule has 0 unspecified atom stereocenters. The SMILES string of the molecule is COCC1CCN(C(=O)c2nc3ccccc3s2)CC1. The predicted molar refractivity (Wildman–Crippen MR) is 80.1 cm³/mol. The van der Waals surface area contributed by atoms with E-state index in [-0.39, 0.29) is 5.91 Å². The molecular weight excluding hydrogens is 272 g/mol. The van der Waals surface area contributed by atoms with Crippen LogP contribution in [-0.2, 0) is 4.74 Å². The third-order valence-corrected chi connectivity index (χ3v) is 4.81. The highest BCUT2D eigenvalue weighted by Crippen LogP contribution is 2.25. The number of rotatable bonds is 3. The van der Waals surface area contributed by atoms with Crippen LogP contribution in [0, 0.1) is 5.92 Å². The number of amides is 1. The van der Waals surface area contributed by atoms with Crippen molar-refractivity contribution in [2.24, 2.45) is 5.92 Å². The number of hydrogen-bond acceptors (Lipinski definition) is 4. The third kappa shape index (κ3) is 2.69. The Hall–Kier alpha value is -1.46. The number of nitrogens with zero attached hydrogens (tertiary/aromatic N) is 2. The standard InChI is InChI=1S/C15H18N2O2S/c1-19-10-11-6-8-17(9-7-11)15(18)14-16-12-4-2-3-5-13(12)20-14/h2-5,11H,6-10H2,1H3. The van der Waals surface area contributed by atoms with Gasteiger partial charge in [0.2, 0.25) is 0 Å². The van der Waals surface area contributed by atoms with Gasteiger partial charge in [0.05, 0.1) is 10.2 Å². The van der Waals surface area contributed by atoms with Crippen LogP contribution in [0.25, 0.3) is 10.2 Å². The van der Waals surface area contributed by atoms with Crippen molar-refractivity contribution < 1.29 is 9.53 Å². The number of para-hydroxylation sites is 1. The summed E-state index contributed by atoms with van der Waals surface area (Å²) >= 11 is 1.48. The van der Waals surface area contributed by atoms with E-state index in [9.17, 15) is 4.79 Å². The lowest BCUT2D eigenvalue weighted by atomic mass is 9.98. The second-order valence-corrected chi connectivity index (χ2v) is 6.21. The van der Waals surface area contributed by atoms with Gasteiger partial charge >= 0.3 is 0 Å². The topological polar surface area (TPSA) is 42.4 Å². The number of likely N-dealkylation sites (tertiary alicyclic amines) is 1. The van der Waals surface area contributed by atoms with E-state index in [1.54, 1.807) is 7.11 Å². The molecule has 0 spiro atoms. The normalized spacial score (nSPS) is 16.8. The van der Waals surface area contributed by atoms with Crippen LogP contribution < -0.4 is 0 Å². The van der Waals surface area contributed by atoms with Crippen molar-refractivity contribution in [2.45, 2.75) is 12.8 Å². The number of fused-ring (bicyclic) bond motifs is 1. The highest BCUT2D eigenvalue weighted by atomic mass is 32.1. The molecule has 1 aromatic carbocycles. The van der Waals surface area contributed by atoms with Crippen LogP contribution in [0.15, 0.2) is 24.3 Å². The molecule has 1 aliphatic heterocycles. The zero-order chi connectivity index (χ0) is 13.9. The Morgan fingerprint density at radius 3 is 2.85 bits per heavy atom. The Bertz CT molecular complexity index is 570. The lowest BCUT2D eigenvalue weighted by molar-refractivity contribution is 0.0613. The Kier molecular flexibility index (Phi) is 3.98. The molecule has 1 saturated heterocycles. The molecule has 0 N–H and O–H groups in total. The van der Waals surface area contributed by atoms with E-state index in [1.807, 2.05) is 29.2 Å². The number of thiazole rings is 1. The Morgan fingerprint density at radius 2 is 2.15 bits per heavy atom. The van der Waals surface area contributed by atoms with Gasteiger partial charge in [0.15, 0.2) is 5.01 Å². The van der Waals surface area contributed by atoms with Crippen LogP contribution in [0.2, 0.25) is 0 Å². The summed E-state index contributed by atoms with van der Waals surface area (Å²) in [6.45, 7) is 2.41. The lowest BCUT2D eigenvalue weighted by Crippen LogP contribution is -2.39. The number of benzene rings is 1. The first kappa shape index (κ1) is 13.5. The smallest absolute Gasteiger partial charge is 0.282 e. The average molecular weight is 290 g/mol. The number of aromatic nitrogens is 1. The van der Waals surface area contributed by atoms with E-state index in [0.29, 0.717) is 10.9 Å². The van der Waals surface area contributed by atoms with Gasteiger partial charge in [-0.1, -0.05) is 12.1 Å². The van der Waals surface area contributed by atoms with Crippen LogP contribution >= 0.6 is 11.3 Å². The van der Waals surface area contributed by atoms with E-state index in [2.05, 4.69) is 4.98 Å². The average Bonchev–Trinajstić information content (AvgIpc) is 2.91.